The Morgan fingerprint density at radius 3 is 3.11 bits per heavy atom. The van der Waals surface area contributed by atoms with Crippen molar-refractivity contribution in [2.45, 2.75) is 11.3 Å². The number of nitrogens with one attached hydrogen (secondary N) is 1. The molecule has 0 bridgehead atoms. The number of nitrogens with zero attached hydrogens (tertiary/aromatic N) is 2. The van der Waals surface area contributed by atoms with Gasteiger partial charge in [-0.25, -0.2) is 4.98 Å². The Morgan fingerprint density at radius 1 is 1.58 bits per heavy atom. The molecule has 0 fully saturated rings. The molecule has 1 heterocycles. The minimum Gasteiger partial charge on any atom is -0.354 e. The lowest BCUT2D eigenvalue weighted by Crippen LogP contribution is -2.29. The first-order valence-corrected chi connectivity index (χ1v) is 7.64. The molecule has 1 amide bonds. The summed E-state index contributed by atoms with van der Waals surface area (Å²) in [7, 11) is 0. The summed E-state index contributed by atoms with van der Waals surface area (Å²) in [5.41, 5.74) is 0.966. The van der Waals surface area contributed by atoms with E-state index in [1.165, 1.54) is 11.8 Å². The van der Waals surface area contributed by atoms with Crippen LogP contribution in [0.2, 0.25) is 0 Å². The van der Waals surface area contributed by atoms with Crippen molar-refractivity contribution in [3.8, 4) is 6.07 Å². The first kappa shape index (κ1) is 13.8. The van der Waals surface area contributed by atoms with E-state index in [1.807, 2.05) is 24.3 Å². The maximum Gasteiger partial charge on any atom is 0.230 e. The Bertz CT molecular complexity index is 585. The van der Waals surface area contributed by atoms with Crippen LogP contribution in [-0.2, 0) is 4.79 Å². The number of rotatable bonds is 5. The topological polar surface area (TPSA) is 65.8 Å². The molecule has 0 radical (unpaired) electrons. The van der Waals surface area contributed by atoms with Gasteiger partial charge in [0.1, 0.15) is 0 Å². The molecule has 4 nitrogen and oxygen atoms in total. The van der Waals surface area contributed by atoms with Crippen LogP contribution in [0, 0.1) is 17.2 Å². The molecule has 1 atom stereocenters. The number of thiazole rings is 1. The minimum absolute atomic E-state index is 0.0636. The van der Waals surface area contributed by atoms with E-state index in [4.69, 9.17) is 5.26 Å². The van der Waals surface area contributed by atoms with Crippen LogP contribution in [0.1, 0.15) is 6.92 Å². The Balaban J connectivity index is 1.85. The number of amides is 1. The molecule has 1 unspecified atom stereocenters. The van der Waals surface area contributed by atoms with Crippen LogP contribution in [0.5, 0.6) is 0 Å². The summed E-state index contributed by atoms with van der Waals surface area (Å²) < 4.78 is 2.02. The molecule has 0 aliphatic carbocycles. The fourth-order valence-corrected chi connectivity index (χ4v) is 3.30. The van der Waals surface area contributed by atoms with Gasteiger partial charge < -0.3 is 5.32 Å². The second-order valence-electron chi connectivity index (χ2n) is 4.07. The van der Waals surface area contributed by atoms with Gasteiger partial charge in [0.25, 0.3) is 0 Å². The summed E-state index contributed by atoms with van der Waals surface area (Å²) in [5, 5.41) is 11.4. The third-order valence-electron chi connectivity index (χ3n) is 2.43. The highest BCUT2D eigenvalue weighted by Gasteiger charge is 2.08. The normalized spacial score (nSPS) is 12.0. The smallest absolute Gasteiger partial charge is 0.230 e. The number of carbonyl (C=O) groups is 1. The van der Waals surface area contributed by atoms with Gasteiger partial charge >= 0.3 is 0 Å². The van der Waals surface area contributed by atoms with Gasteiger partial charge in [-0.1, -0.05) is 23.9 Å². The van der Waals surface area contributed by atoms with Crippen LogP contribution in [0.15, 0.2) is 28.6 Å². The second kappa shape index (κ2) is 6.55. The minimum atomic E-state index is -0.156. The van der Waals surface area contributed by atoms with E-state index in [0.29, 0.717) is 12.3 Å². The summed E-state index contributed by atoms with van der Waals surface area (Å²) in [6, 6.07) is 9.99. The lowest BCUT2D eigenvalue weighted by atomic mass is 10.2. The summed E-state index contributed by atoms with van der Waals surface area (Å²) in [6.07, 6.45) is 0. The molecule has 6 heteroatoms. The average molecular weight is 291 g/mol. The SMILES string of the molecule is CC(C#N)CNC(=O)CSc1nc2ccccc2s1. The Kier molecular flexibility index (Phi) is 4.77. The number of carbonyl (C=O) groups excluding carboxylic acids is 1. The molecular weight excluding hydrogens is 278 g/mol. The van der Waals surface area contributed by atoms with Gasteiger partial charge in [0.2, 0.25) is 5.91 Å². The third-order valence-corrected chi connectivity index (χ3v) is 4.61. The largest absolute Gasteiger partial charge is 0.354 e. The van der Waals surface area contributed by atoms with Crippen molar-refractivity contribution in [2.75, 3.05) is 12.3 Å². The average Bonchev–Trinajstić information content (AvgIpc) is 2.85. The number of nitriles is 1. The number of thioether (sulfide) groups is 1. The number of aromatic nitrogens is 1. The highest BCUT2D eigenvalue weighted by Crippen LogP contribution is 2.28. The number of hydrogen-bond donors (Lipinski definition) is 1. The summed E-state index contributed by atoms with van der Waals surface area (Å²) in [6.45, 7) is 2.18. The van der Waals surface area contributed by atoms with Crippen LogP contribution >= 0.6 is 23.1 Å². The monoisotopic (exact) mass is 291 g/mol. The Morgan fingerprint density at radius 2 is 2.37 bits per heavy atom. The van der Waals surface area contributed by atoms with Crippen molar-refractivity contribution in [1.82, 2.24) is 10.3 Å². The van der Waals surface area contributed by atoms with E-state index in [-0.39, 0.29) is 11.8 Å². The number of benzene rings is 1. The van der Waals surface area contributed by atoms with Crippen molar-refractivity contribution >= 4 is 39.2 Å². The predicted octanol–water partition coefficient (Wildman–Crippen LogP) is 2.66. The molecule has 0 aliphatic heterocycles. The van der Waals surface area contributed by atoms with E-state index < -0.39 is 0 Å². The van der Waals surface area contributed by atoms with Gasteiger partial charge in [-0.05, 0) is 19.1 Å². The Hall–Kier alpha value is -1.58. The molecule has 0 aliphatic rings. The molecule has 1 N–H and O–H groups in total. The van der Waals surface area contributed by atoms with Gasteiger partial charge in [0.15, 0.2) is 4.34 Å². The van der Waals surface area contributed by atoms with Crippen molar-refractivity contribution < 1.29 is 4.79 Å². The maximum atomic E-state index is 11.6. The summed E-state index contributed by atoms with van der Waals surface area (Å²) in [4.78, 5) is 16.0. The number of para-hydroxylation sites is 1. The van der Waals surface area contributed by atoms with E-state index in [0.717, 1.165) is 14.6 Å². The fraction of sp³-hybridized carbons (Fsp3) is 0.308. The van der Waals surface area contributed by atoms with E-state index in [2.05, 4.69) is 16.4 Å². The second-order valence-corrected chi connectivity index (χ2v) is 6.32. The van der Waals surface area contributed by atoms with Crippen LogP contribution in [-0.4, -0.2) is 23.2 Å². The van der Waals surface area contributed by atoms with Crippen LogP contribution in [0.25, 0.3) is 10.2 Å². The van der Waals surface area contributed by atoms with Gasteiger partial charge in [-0.3, -0.25) is 4.79 Å². The summed E-state index contributed by atoms with van der Waals surface area (Å²) in [5.74, 6) is 0.112. The molecule has 2 aromatic rings. The quantitative estimate of drug-likeness (QED) is 0.860. The summed E-state index contributed by atoms with van der Waals surface area (Å²) >= 11 is 3.01. The van der Waals surface area contributed by atoms with Crippen LogP contribution < -0.4 is 5.32 Å². The third kappa shape index (κ3) is 3.94. The first-order chi connectivity index (χ1) is 9.19. The highest BCUT2D eigenvalue weighted by atomic mass is 32.2. The molecule has 98 valence electrons. The molecule has 0 saturated heterocycles. The zero-order chi connectivity index (χ0) is 13.7. The molecule has 1 aromatic heterocycles. The van der Waals surface area contributed by atoms with Crippen LogP contribution in [0.4, 0.5) is 0 Å². The molecule has 2 rings (SSSR count). The first-order valence-electron chi connectivity index (χ1n) is 5.83. The lowest BCUT2D eigenvalue weighted by molar-refractivity contribution is -0.118. The zero-order valence-electron chi connectivity index (χ0n) is 10.4. The molecule has 0 saturated carbocycles. The molecular formula is C13H13N3OS2. The van der Waals surface area contributed by atoms with Crippen molar-refractivity contribution in [3.63, 3.8) is 0 Å². The van der Waals surface area contributed by atoms with E-state index in [9.17, 15) is 4.79 Å². The number of hydrogen-bond acceptors (Lipinski definition) is 5. The van der Waals surface area contributed by atoms with E-state index in [1.54, 1.807) is 18.3 Å². The number of fused-ring (bicyclic) bond motifs is 1. The van der Waals surface area contributed by atoms with Gasteiger partial charge in [0.05, 0.1) is 28.0 Å². The molecule has 0 spiro atoms. The highest BCUT2D eigenvalue weighted by molar-refractivity contribution is 8.01. The van der Waals surface area contributed by atoms with Crippen molar-refractivity contribution in [3.05, 3.63) is 24.3 Å². The van der Waals surface area contributed by atoms with E-state index >= 15 is 0 Å². The zero-order valence-corrected chi connectivity index (χ0v) is 12.1. The maximum absolute atomic E-state index is 11.6. The van der Waals surface area contributed by atoms with Crippen molar-refractivity contribution in [1.29, 1.82) is 5.26 Å². The Labute approximate surface area is 119 Å². The van der Waals surface area contributed by atoms with Crippen molar-refractivity contribution in [2.24, 2.45) is 5.92 Å². The van der Waals surface area contributed by atoms with Gasteiger partial charge in [-0.2, -0.15) is 5.26 Å². The van der Waals surface area contributed by atoms with Crippen LogP contribution in [0.3, 0.4) is 0 Å². The van der Waals surface area contributed by atoms with Gasteiger partial charge in [0, 0.05) is 6.54 Å². The lowest BCUT2D eigenvalue weighted by Gasteiger charge is -2.04. The predicted molar refractivity (Wildman–Crippen MR) is 78.1 cm³/mol. The molecule has 19 heavy (non-hydrogen) atoms. The van der Waals surface area contributed by atoms with Gasteiger partial charge in [-0.15, -0.1) is 11.3 Å². The fourth-order valence-electron chi connectivity index (χ4n) is 1.40. The standard InChI is InChI=1S/C13H13N3OS2/c1-9(6-14)7-15-12(17)8-18-13-16-10-4-2-3-5-11(10)19-13/h2-5,9H,7-8H2,1H3,(H,15,17). The molecule has 1 aromatic carbocycles.